The van der Waals surface area contributed by atoms with Crippen molar-refractivity contribution in [1.82, 2.24) is 15.0 Å². The van der Waals surface area contributed by atoms with Gasteiger partial charge in [0.1, 0.15) is 6.07 Å². The zero-order valence-corrected chi connectivity index (χ0v) is 22.8. The molecule has 3 rings (SSSR count). The number of hydrogen-bond donors (Lipinski definition) is 0. The van der Waals surface area contributed by atoms with E-state index in [9.17, 15) is 8.42 Å². The smallest absolute Gasteiger partial charge is 0.232 e. The molecule has 0 amide bonds. The van der Waals surface area contributed by atoms with Crippen LogP contribution in [-0.2, 0) is 16.3 Å². The molecule has 0 fully saturated rings. The topological polar surface area (TPSA) is 96.6 Å². The number of allylic oxidation sites excluding steroid dienone is 3. The quantitative estimate of drug-likeness (QED) is 0.319. The molecule has 7 heteroatoms. The van der Waals surface area contributed by atoms with Gasteiger partial charge in [-0.05, 0) is 73.6 Å². The number of sulfone groups is 1. The molecule has 0 aliphatic heterocycles. The van der Waals surface area contributed by atoms with Crippen LogP contribution in [0, 0.1) is 18.3 Å². The molecule has 0 aliphatic carbocycles. The second-order valence-electron chi connectivity index (χ2n) is 8.48. The Hall–Kier alpha value is -4.15. The van der Waals surface area contributed by atoms with Crippen LogP contribution in [0.1, 0.15) is 61.8 Å². The molecule has 0 saturated heterocycles. The van der Waals surface area contributed by atoms with Gasteiger partial charge in [-0.1, -0.05) is 63.6 Å². The van der Waals surface area contributed by atoms with Gasteiger partial charge in [0, 0.05) is 35.8 Å². The second kappa shape index (κ2) is 16.6. The number of nitriles is 1. The average Bonchev–Trinajstić information content (AvgIpc) is 2.88. The normalized spacial score (nSPS) is 9.66. The van der Waals surface area contributed by atoms with Gasteiger partial charge >= 0.3 is 0 Å². The minimum absolute atomic E-state index is 0. The van der Waals surface area contributed by atoms with E-state index in [1.807, 2.05) is 70.4 Å². The maximum Gasteiger partial charge on any atom is 0.232 e. The summed E-state index contributed by atoms with van der Waals surface area (Å²) in [5.74, 6) is 0.304. The fourth-order valence-electron chi connectivity index (χ4n) is 2.69. The van der Waals surface area contributed by atoms with Crippen LogP contribution in [-0.4, -0.2) is 29.1 Å². The highest BCUT2D eigenvalue weighted by atomic mass is 32.2. The minimum atomic E-state index is -3.10. The lowest BCUT2D eigenvalue weighted by molar-refractivity contribution is 0.604. The summed E-state index contributed by atoms with van der Waals surface area (Å²) in [4.78, 5) is 11.6. The van der Waals surface area contributed by atoms with E-state index in [1.54, 1.807) is 12.4 Å². The second-order valence-corrected chi connectivity index (χ2v) is 10.5. The minimum Gasteiger partial charge on any atom is -0.264 e. The van der Waals surface area contributed by atoms with Gasteiger partial charge in [-0.15, -0.1) is 0 Å². The maximum absolute atomic E-state index is 11.2. The number of aryl methyl sites for hydroxylation is 2. The van der Waals surface area contributed by atoms with Crippen LogP contribution in [0.2, 0.25) is 0 Å². The van der Waals surface area contributed by atoms with Crippen molar-refractivity contribution >= 4 is 26.6 Å². The summed E-state index contributed by atoms with van der Waals surface area (Å²) < 4.78 is 22.4. The molecule has 0 aliphatic rings. The van der Waals surface area contributed by atoms with Gasteiger partial charge in [0.05, 0.1) is 5.75 Å². The third-order valence-corrected chi connectivity index (χ3v) is 6.27. The summed E-state index contributed by atoms with van der Waals surface area (Å²) in [6.07, 6.45) is 7.37. The van der Waals surface area contributed by atoms with E-state index in [2.05, 4.69) is 47.3 Å². The molecule has 1 aromatic carbocycles. The first-order chi connectivity index (χ1) is 17.4. The summed E-state index contributed by atoms with van der Waals surface area (Å²) >= 11 is 0. The van der Waals surface area contributed by atoms with Crippen molar-refractivity contribution in [3.63, 3.8) is 0 Å². The fourth-order valence-corrected chi connectivity index (χ4v) is 3.38. The van der Waals surface area contributed by atoms with E-state index < -0.39 is 9.84 Å². The molecule has 2 aromatic heterocycles. The van der Waals surface area contributed by atoms with Crippen LogP contribution in [0.3, 0.4) is 0 Å². The first-order valence-corrected chi connectivity index (χ1v) is 13.2. The summed E-state index contributed by atoms with van der Waals surface area (Å²) in [5, 5.41) is 9.38. The van der Waals surface area contributed by atoms with Gasteiger partial charge in [0.15, 0.2) is 9.84 Å². The number of nitrogens with zero attached hydrogens (tertiary/aromatic N) is 4. The molecule has 0 bridgehead atoms. The fraction of sp³-hybridized carbons (Fsp3) is 0.226. The highest BCUT2D eigenvalue weighted by Gasteiger charge is 2.05. The number of aromatic nitrogens is 3. The van der Waals surface area contributed by atoms with E-state index in [0.717, 1.165) is 44.4 Å². The number of rotatable bonds is 7. The molecule has 0 unspecified atom stereocenters. The SMILES string of the molecule is C.C=C(C)c1cnc(C#N)nc1.C=C(C)c1cncc(C)c1.C=CS(=O)(=O)CCc1ccc(C(=C)C)cc1. The molecule has 200 valence electrons. The van der Waals surface area contributed by atoms with Crippen molar-refractivity contribution in [3.05, 3.63) is 120 Å². The molecular formula is C31H38N4O2S. The standard InChI is InChI=1S/C13H16O2S.C9H11N.C8H7N3.CH4/c1-4-16(14,15)10-9-12-5-7-13(8-6-12)11(2)3;1-7(2)9-4-8(3)5-10-6-9;1-6(2)7-4-10-8(3-9)11-5-7;/h4-8H,1-2,9-10H2,3H3;4-6H,1H2,2-3H3;4-5H,1H2,2H3;1H4. The Morgan fingerprint density at radius 3 is 1.82 bits per heavy atom. The Morgan fingerprint density at radius 2 is 1.42 bits per heavy atom. The zero-order chi connectivity index (χ0) is 28.0. The van der Waals surface area contributed by atoms with Crippen molar-refractivity contribution in [2.75, 3.05) is 5.75 Å². The average molecular weight is 531 g/mol. The summed E-state index contributed by atoms with van der Waals surface area (Å²) in [6.45, 7) is 22.5. The Bertz CT molecular complexity index is 1380. The van der Waals surface area contributed by atoms with Gasteiger partial charge in [-0.3, -0.25) is 4.98 Å². The van der Waals surface area contributed by atoms with Crippen molar-refractivity contribution in [2.45, 2.75) is 41.5 Å². The van der Waals surface area contributed by atoms with Crippen LogP contribution < -0.4 is 0 Å². The monoisotopic (exact) mass is 530 g/mol. The third-order valence-electron chi connectivity index (χ3n) is 4.99. The van der Waals surface area contributed by atoms with E-state index in [4.69, 9.17) is 5.26 Å². The van der Waals surface area contributed by atoms with Crippen LogP contribution in [0.25, 0.3) is 16.7 Å². The highest BCUT2D eigenvalue weighted by Crippen LogP contribution is 2.13. The van der Waals surface area contributed by atoms with Crippen LogP contribution in [0.15, 0.2) is 86.8 Å². The van der Waals surface area contributed by atoms with Crippen molar-refractivity contribution in [1.29, 1.82) is 5.26 Å². The molecular weight excluding hydrogens is 492 g/mol. The molecule has 2 heterocycles. The molecule has 0 radical (unpaired) electrons. The van der Waals surface area contributed by atoms with Crippen LogP contribution >= 0.6 is 0 Å². The third kappa shape index (κ3) is 12.7. The summed E-state index contributed by atoms with van der Waals surface area (Å²) in [6, 6.07) is 11.7. The first kappa shape index (κ1) is 33.8. The van der Waals surface area contributed by atoms with Gasteiger partial charge in [0.25, 0.3) is 0 Å². The van der Waals surface area contributed by atoms with E-state index in [-0.39, 0.29) is 19.0 Å². The number of pyridine rings is 1. The Kier molecular flexibility index (Phi) is 14.8. The Morgan fingerprint density at radius 1 is 0.895 bits per heavy atom. The van der Waals surface area contributed by atoms with Crippen molar-refractivity contribution in [2.24, 2.45) is 0 Å². The maximum atomic E-state index is 11.2. The highest BCUT2D eigenvalue weighted by molar-refractivity contribution is 7.94. The molecule has 3 aromatic rings. The lowest BCUT2D eigenvalue weighted by atomic mass is 10.1. The van der Waals surface area contributed by atoms with Gasteiger partial charge in [0.2, 0.25) is 5.82 Å². The lowest BCUT2D eigenvalue weighted by Gasteiger charge is -2.03. The molecule has 38 heavy (non-hydrogen) atoms. The van der Waals surface area contributed by atoms with Crippen molar-refractivity contribution in [3.8, 4) is 6.07 Å². The number of benzene rings is 1. The molecule has 0 N–H and O–H groups in total. The Labute approximate surface area is 228 Å². The first-order valence-electron chi connectivity index (χ1n) is 11.4. The molecule has 0 atom stereocenters. The summed E-state index contributed by atoms with van der Waals surface area (Å²) in [7, 11) is -3.10. The lowest BCUT2D eigenvalue weighted by Crippen LogP contribution is -2.04. The predicted octanol–water partition coefficient (Wildman–Crippen LogP) is 7.26. The molecule has 0 spiro atoms. The van der Waals surface area contributed by atoms with E-state index in [1.165, 1.54) is 5.56 Å². The van der Waals surface area contributed by atoms with Gasteiger partial charge in [-0.25, -0.2) is 18.4 Å². The van der Waals surface area contributed by atoms with E-state index >= 15 is 0 Å². The van der Waals surface area contributed by atoms with Gasteiger partial charge < -0.3 is 0 Å². The van der Waals surface area contributed by atoms with E-state index in [0.29, 0.717) is 6.42 Å². The number of hydrogen-bond acceptors (Lipinski definition) is 6. The summed E-state index contributed by atoms with van der Waals surface area (Å²) in [5.41, 5.74) is 8.23. The zero-order valence-electron chi connectivity index (χ0n) is 22.0. The molecule has 6 nitrogen and oxygen atoms in total. The predicted molar refractivity (Wildman–Crippen MR) is 161 cm³/mol. The van der Waals surface area contributed by atoms with Gasteiger partial charge in [-0.2, -0.15) is 5.26 Å². The van der Waals surface area contributed by atoms with Crippen LogP contribution in [0.5, 0.6) is 0 Å². The van der Waals surface area contributed by atoms with Crippen LogP contribution in [0.4, 0.5) is 0 Å². The Balaban J connectivity index is 0.000000552. The largest absolute Gasteiger partial charge is 0.264 e. The molecule has 0 saturated carbocycles. The van der Waals surface area contributed by atoms with Crippen molar-refractivity contribution < 1.29 is 8.42 Å².